The maximum atomic E-state index is 11.8. The fraction of sp³-hybridized carbons (Fsp3) is 0.909. The fourth-order valence-electron chi connectivity index (χ4n) is 1.87. The van der Waals surface area contributed by atoms with Gasteiger partial charge in [0, 0.05) is 4.43 Å². The van der Waals surface area contributed by atoms with Crippen LogP contribution in [0.3, 0.4) is 0 Å². The largest absolute Gasteiger partial charge is 0.461 e. The summed E-state index contributed by atoms with van der Waals surface area (Å²) in [4.78, 5) is 11.8. The summed E-state index contributed by atoms with van der Waals surface area (Å²) in [6.45, 7) is 6.34. The van der Waals surface area contributed by atoms with Crippen LogP contribution in [0.4, 0.5) is 0 Å². The predicted molar refractivity (Wildman–Crippen MR) is 65.6 cm³/mol. The van der Waals surface area contributed by atoms with E-state index >= 15 is 0 Å². The molecule has 1 rings (SSSR count). The minimum absolute atomic E-state index is 0.0108. The summed E-state index contributed by atoms with van der Waals surface area (Å²) in [6, 6.07) is 0. The molecule has 0 aromatic rings. The van der Waals surface area contributed by atoms with Crippen LogP contribution in [0.15, 0.2) is 0 Å². The first-order chi connectivity index (χ1) is 6.45. The van der Waals surface area contributed by atoms with Crippen molar-refractivity contribution in [3.8, 4) is 0 Å². The first kappa shape index (κ1) is 12.3. The van der Waals surface area contributed by atoms with Crippen LogP contribution < -0.4 is 0 Å². The lowest BCUT2D eigenvalue weighted by molar-refractivity contribution is -0.155. The van der Waals surface area contributed by atoms with Crippen LogP contribution in [-0.4, -0.2) is 16.5 Å². The van der Waals surface area contributed by atoms with Crippen LogP contribution in [0.25, 0.3) is 0 Å². The van der Waals surface area contributed by atoms with E-state index in [9.17, 15) is 4.79 Å². The Balaban J connectivity index is 2.67. The molecule has 1 saturated heterocycles. The number of hydrogen-bond donors (Lipinski definition) is 0. The van der Waals surface area contributed by atoms with E-state index in [1.54, 1.807) is 0 Å². The van der Waals surface area contributed by atoms with Crippen molar-refractivity contribution < 1.29 is 9.53 Å². The molecule has 0 aromatic carbocycles. The van der Waals surface area contributed by atoms with Crippen molar-refractivity contribution in [3.05, 3.63) is 0 Å². The molecular weight excluding hydrogens is 291 g/mol. The molecule has 2 atom stereocenters. The topological polar surface area (TPSA) is 26.3 Å². The average Bonchev–Trinajstić information content (AvgIpc) is 2.25. The molecule has 0 aliphatic carbocycles. The van der Waals surface area contributed by atoms with Crippen molar-refractivity contribution >= 4 is 28.6 Å². The lowest BCUT2D eigenvalue weighted by atomic mass is 9.78. The van der Waals surface area contributed by atoms with Crippen LogP contribution in [0, 0.1) is 11.3 Å². The Hall–Kier alpha value is 0.200. The van der Waals surface area contributed by atoms with Gasteiger partial charge in [-0.25, -0.2) is 0 Å². The van der Waals surface area contributed by atoms with E-state index in [1.165, 1.54) is 0 Å². The Bertz CT molecular complexity index is 208. The quantitative estimate of drug-likeness (QED) is 0.422. The molecule has 0 amide bonds. The van der Waals surface area contributed by atoms with Gasteiger partial charge in [0.2, 0.25) is 0 Å². The fourth-order valence-corrected chi connectivity index (χ4v) is 2.49. The molecule has 1 aliphatic heterocycles. The third kappa shape index (κ3) is 3.11. The number of hydrogen-bond acceptors (Lipinski definition) is 2. The molecule has 0 radical (unpaired) electrons. The molecule has 1 aliphatic rings. The van der Waals surface area contributed by atoms with Gasteiger partial charge in [0.05, 0.1) is 5.92 Å². The van der Waals surface area contributed by atoms with Crippen molar-refractivity contribution in [2.45, 2.75) is 46.1 Å². The summed E-state index contributed by atoms with van der Waals surface area (Å²) >= 11 is 2.28. The number of carbonyl (C=O) groups excluding carboxylic acids is 1. The Morgan fingerprint density at radius 3 is 2.57 bits per heavy atom. The molecule has 0 aromatic heterocycles. The van der Waals surface area contributed by atoms with Gasteiger partial charge in [-0.1, -0.05) is 43.4 Å². The number of ether oxygens (including phenoxy) is 1. The summed E-state index contributed by atoms with van der Waals surface area (Å²) in [5, 5.41) is 0. The monoisotopic (exact) mass is 310 g/mol. The molecule has 0 N–H and O–H groups in total. The smallest absolute Gasteiger partial charge is 0.309 e. The Morgan fingerprint density at radius 2 is 2.07 bits per heavy atom. The van der Waals surface area contributed by atoms with E-state index in [0.29, 0.717) is 0 Å². The number of halogens is 1. The van der Waals surface area contributed by atoms with Crippen molar-refractivity contribution in [1.82, 2.24) is 0 Å². The van der Waals surface area contributed by atoms with Gasteiger partial charge >= 0.3 is 5.97 Å². The molecule has 0 bridgehead atoms. The molecule has 3 heteroatoms. The lowest BCUT2D eigenvalue weighted by Gasteiger charge is -2.27. The Kier molecular flexibility index (Phi) is 4.22. The van der Waals surface area contributed by atoms with E-state index in [2.05, 4.69) is 43.4 Å². The number of alkyl halides is 1. The molecule has 0 saturated carbocycles. The van der Waals surface area contributed by atoms with Gasteiger partial charge in [0.1, 0.15) is 6.10 Å². The predicted octanol–water partition coefficient (Wildman–Crippen LogP) is 3.18. The number of rotatable bonds is 1. The first-order valence-corrected chi connectivity index (χ1v) is 6.74. The molecule has 2 nitrogen and oxygen atoms in total. The number of carbonyl (C=O) groups is 1. The van der Waals surface area contributed by atoms with Crippen molar-refractivity contribution in [1.29, 1.82) is 0 Å². The van der Waals surface area contributed by atoms with Gasteiger partial charge in [-0.05, 0) is 24.7 Å². The summed E-state index contributed by atoms with van der Waals surface area (Å²) in [7, 11) is 0. The molecule has 14 heavy (non-hydrogen) atoms. The van der Waals surface area contributed by atoms with Gasteiger partial charge in [0.15, 0.2) is 0 Å². The van der Waals surface area contributed by atoms with Crippen LogP contribution in [0.5, 0.6) is 0 Å². The van der Waals surface area contributed by atoms with E-state index in [-0.39, 0.29) is 23.4 Å². The highest BCUT2D eigenvalue weighted by molar-refractivity contribution is 14.1. The molecule has 82 valence electrons. The number of cyclic esters (lactones) is 1. The molecule has 1 fully saturated rings. The van der Waals surface area contributed by atoms with Gasteiger partial charge in [-0.15, -0.1) is 0 Å². The summed E-state index contributed by atoms with van der Waals surface area (Å²) in [5.41, 5.74) is 0.0389. The van der Waals surface area contributed by atoms with Crippen molar-refractivity contribution in [3.63, 3.8) is 0 Å². The van der Waals surface area contributed by atoms with E-state index in [1.807, 2.05) is 0 Å². The minimum Gasteiger partial charge on any atom is -0.461 e. The highest BCUT2D eigenvalue weighted by Gasteiger charge is 2.35. The third-order valence-corrected chi connectivity index (χ3v) is 3.79. The van der Waals surface area contributed by atoms with Gasteiger partial charge in [-0.3, -0.25) is 4.79 Å². The Labute approximate surface area is 99.9 Å². The zero-order valence-electron chi connectivity index (χ0n) is 9.18. The normalized spacial score (nSPS) is 29.6. The second kappa shape index (κ2) is 4.81. The van der Waals surface area contributed by atoms with Crippen LogP contribution in [0.1, 0.15) is 40.0 Å². The average molecular weight is 310 g/mol. The SMILES string of the molecule is CC(C)(C)[C@@H]1CCC[C@@H](CI)OC1=O. The summed E-state index contributed by atoms with van der Waals surface area (Å²) in [5.74, 6) is 0.0899. The maximum absolute atomic E-state index is 11.8. The summed E-state index contributed by atoms with van der Waals surface area (Å²) in [6.07, 6.45) is 3.27. The van der Waals surface area contributed by atoms with Crippen molar-refractivity contribution in [2.24, 2.45) is 11.3 Å². The minimum atomic E-state index is 0.0108. The zero-order valence-corrected chi connectivity index (χ0v) is 11.3. The standard InChI is InChI=1S/C11H19IO2/c1-11(2,3)9-6-4-5-8(7-12)14-10(9)13/h8-9H,4-7H2,1-3H3/t8-,9+/m0/s1. The Morgan fingerprint density at radius 1 is 1.43 bits per heavy atom. The van der Waals surface area contributed by atoms with E-state index in [0.717, 1.165) is 23.7 Å². The van der Waals surface area contributed by atoms with Gasteiger partial charge < -0.3 is 4.74 Å². The molecular formula is C11H19IO2. The maximum Gasteiger partial charge on any atom is 0.309 e. The lowest BCUT2D eigenvalue weighted by Crippen LogP contribution is -2.30. The zero-order chi connectivity index (χ0) is 10.8. The second-order valence-electron chi connectivity index (χ2n) is 5.06. The van der Waals surface area contributed by atoms with Crippen LogP contribution in [-0.2, 0) is 9.53 Å². The highest BCUT2D eigenvalue weighted by Crippen LogP contribution is 2.34. The summed E-state index contributed by atoms with van der Waals surface area (Å²) < 4.78 is 6.37. The van der Waals surface area contributed by atoms with E-state index in [4.69, 9.17) is 4.74 Å². The molecule has 0 spiro atoms. The number of esters is 1. The van der Waals surface area contributed by atoms with E-state index < -0.39 is 0 Å². The molecule has 1 heterocycles. The van der Waals surface area contributed by atoms with Gasteiger partial charge in [-0.2, -0.15) is 0 Å². The first-order valence-electron chi connectivity index (χ1n) is 5.21. The molecule has 0 unspecified atom stereocenters. The van der Waals surface area contributed by atoms with Crippen LogP contribution >= 0.6 is 22.6 Å². The third-order valence-electron chi connectivity index (χ3n) is 2.80. The van der Waals surface area contributed by atoms with Crippen LogP contribution in [0.2, 0.25) is 0 Å². The van der Waals surface area contributed by atoms with Gasteiger partial charge in [0.25, 0.3) is 0 Å². The highest BCUT2D eigenvalue weighted by atomic mass is 127. The van der Waals surface area contributed by atoms with Crippen molar-refractivity contribution in [2.75, 3.05) is 4.43 Å². The second-order valence-corrected chi connectivity index (χ2v) is 5.94.